The van der Waals surface area contributed by atoms with Crippen molar-refractivity contribution in [2.75, 3.05) is 0 Å². The minimum Gasteiger partial charge on any atom is -0.268 e. The summed E-state index contributed by atoms with van der Waals surface area (Å²) in [6, 6.07) is 14.9. The summed E-state index contributed by atoms with van der Waals surface area (Å²) in [5, 5.41) is 0. The van der Waals surface area contributed by atoms with Gasteiger partial charge in [-0.25, -0.2) is 4.90 Å². The number of imide groups is 1. The summed E-state index contributed by atoms with van der Waals surface area (Å²) in [7, 11) is 0. The maximum absolute atomic E-state index is 12.8. The average molecular weight is 339 g/mol. The molecular weight excluding hydrogens is 322 g/mol. The maximum atomic E-state index is 12.8. The van der Waals surface area contributed by atoms with Gasteiger partial charge in [0.25, 0.3) is 11.8 Å². The molecule has 3 heteroatoms. The summed E-state index contributed by atoms with van der Waals surface area (Å²) in [5.41, 5.74) is 4.53. The van der Waals surface area contributed by atoms with Crippen LogP contribution in [0.5, 0.6) is 0 Å². The first-order valence-corrected chi connectivity index (χ1v) is 8.60. The summed E-state index contributed by atoms with van der Waals surface area (Å²) in [5.74, 6) is 5.65. The van der Waals surface area contributed by atoms with E-state index in [1.54, 1.807) is 18.2 Å². The van der Waals surface area contributed by atoms with E-state index < -0.39 is 0 Å². The lowest BCUT2D eigenvalue weighted by Crippen LogP contribution is -2.29. The van der Waals surface area contributed by atoms with E-state index in [0.717, 1.165) is 23.2 Å². The van der Waals surface area contributed by atoms with Crippen molar-refractivity contribution in [3.63, 3.8) is 0 Å². The van der Waals surface area contributed by atoms with Crippen LogP contribution in [0.25, 0.3) is 0 Å². The van der Waals surface area contributed by atoms with Gasteiger partial charge in [-0.3, -0.25) is 9.59 Å². The summed E-state index contributed by atoms with van der Waals surface area (Å²) in [6.07, 6.45) is 5.41. The summed E-state index contributed by atoms with van der Waals surface area (Å²) >= 11 is 0. The molecule has 2 aromatic rings. The van der Waals surface area contributed by atoms with Gasteiger partial charge in [0.2, 0.25) is 0 Å². The lowest BCUT2D eigenvalue weighted by Gasteiger charge is -2.20. The molecule has 126 valence electrons. The standard InChI is InChI=1S/C23H17NO2/c1-16-7-12-19(13-8-16)24-22(25)20-14-11-18(15-21(20)23(24)26)10-9-17-5-3-2-4-6-17/h2-7,11-12,14-15H,8,13H2,1H3. The molecule has 0 saturated heterocycles. The molecule has 0 spiro atoms. The topological polar surface area (TPSA) is 37.4 Å². The van der Waals surface area contributed by atoms with Crippen LogP contribution in [0.3, 0.4) is 0 Å². The average Bonchev–Trinajstić information content (AvgIpc) is 2.92. The van der Waals surface area contributed by atoms with Crippen LogP contribution in [-0.2, 0) is 0 Å². The van der Waals surface area contributed by atoms with Crippen molar-refractivity contribution in [1.29, 1.82) is 0 Å². The first kappa shape index (κ1) is 16.1. The van der Waals surface area contributed by atoms with Crippen molar-refractivity contribution < 1.29 is 9.59 Å². The molecule has 1 heterocycles. The Balaban J connectivity index is 1.66. The van der Waals surface area contributed by atoms with Crippen molar-refractivity contribution in [1.82, 2.24) is 4.90 Å². The zero-order valence-corrected chi connectivity index (χ0v) is 14.5. The van der Waals surface area contributed by atoms with Gasteiger partial charge in [0.1, 0.15) is 0 Å². The summed E-state index contributed by atoms with van der Waals surface area (Å²) < 4.78 is 0. The molecule has 2 amide bonds. The highest BCUT2D eigenvalue weighted by atomic mass is 16.2. The zero-order chi connectivity index (χ0) is 18.1. The van der Waals surface area contributed by atoms with Crippen LogP contribution >= 0.6 is 0 Å². The molecule has 0 aromatic heterocycles. The normalized spacial score (nSPS) is 15.8. The molecule has 0 saturated carbocycles. The second-order valence-corrected chi connectivity index (χ2v) is 6.49. The lowest BCUT2D eigenvalue weighted by molar-refractivity contribution is 0.0699. The number of nitrogens with zero attached hydrogens (tertiary/aromatic N) is 1. The number of amides is 2. The third kappa shape index (κ3) is 2.87. The highest BCUT2D eigenvalue weighted by Gasteiger charge is 2.37. The fraction of sp³-hybridized carbons (Fsp3) is 0.130. The Bertz CT molecular complexity index is 1030. The van der Waals surface area contributed by atoms with Gasteiger partial charge >= 0.3 is 0 Å². The first-order valence-electron chi connectivity index (χ1n) is 8.60. The van der Waals surface area contributed by atoms with Crippen molar-refractivity contribution in [3.05, 3.63) is 94.2 Å². The van der Waals surface area contributed by atoms with Gasteiger partial charge in [0.05, 0.1) is 11.1 Å². The second kappa shape index (κ2) is 6.50. The molecule has 0 bridgehead atoms. The van der Waals surface area contributed by atoms with E-state index in [1.165, 1.54) is 10.5 Å². The predicted molar refractivity (Wildman–Crippen MR) is 100 cm³/mol. The van der Waals surface area contributed by atoms with Crippen LogP contribution in [0.15, 0.2) is 72.0 Å². The van der Waals surface area contributed by atoms with Gasteiger partial charge in [-0.1, -0.05) is 41.7 Å². The Hall–Kier alpha value is -3.38. The van der Waals surface area contributed by atoms with E-state index in [9.17, 15) is 9.59 Å². The van der Waals surface area contributed by atoms with Gasteiger partial charge in [-0.15, -0.1) is 0 Å². The largest absolute Gasteiger partial charge is 0.268 e. The van der Waals surface area contributed by atoms with Gasteiger partial charge < -0.3 is 0 Å². The van der Waals surface area contributed by atoms with Crippen molar-refractivity contribution in [2.45, 2.75) is 19.8 Å². The number of hydrogen-bond acceptors (Lipinski definition) is 2. The minimum absolute atomic E-state index is 0.244. The second-order valence-electron chi connectivity index (χ2n) is 6.49. The number of carbonyl (C=O) groups excluding carboxylic acids is 2. The Kier molecular flexibility index (Phi) is 4.02. The zero-order valence-electron chi connectivity index (χ0n) is 14.5. The lowest BCUT2D eigenvalue weighted by atomic mass is 10.0. The van der Waals surface area contributed by atoms with Crippen LogP contribution in [0, 0.1) is 11.8 Å². The van der Waals surface area contributed by atoms with E-state index in [-0.39, 0.29) is 11.8 Å². The van der Waals surface area contributed by atoms with Crippen molar-refractivity contribution in [3.8, 4) is 11.8 Å². The Morgan fingerprint density at radius 3 is 2.27 bits per heavy atom. The smallest absolute Gasteiger partial charge is 0.265 e. The number of benzene rings is 2. The number of allylic oxidation sites excluding steroid dienone is 4. The van der Waals surface area contributed by atoms with E-state index in [2.05, 4.69) is 11.8 Å². The molecule has 0 fully saturated rings. The number of hydrogen-bond donors (Lipinski definition) is 0. The van der Waals surface area contributed by atoms with E-state index in [4.69, 9.17) is 0 Å². The number of fused-ring (bicyclic) bond motifs is 1. The first-order chi connectivity index (χ1) is 12.6. The van der Waals surface area contributed by atoms with Crippen LogP contribution in [-0.4, -0.2) is 16.7 Å². The molecule has 0 radical (unpaired) electrons. The molecule has 0 atom stereocenters. The molecule has 26 heavy (non-hydrogen) atoms. The number of carbonyl (C=O) groups is 2. The van der Waals surface area contributed by atoms with Crippen LogP contribution in [0.1, 0.15) is 51.6 Å². The SMILES string of the molecule is CC1=CC=C(N2C(=O)c3ccc(C#Cc4ccccc4)cc3C2=O)CC1. The van der Waals surface area contributed by atoms with Gasteiger partial charge in [-0.05, 0) is 56.2 Å². The summed E-state index contributed by atoms with van der Waals surface area (Å²) in [6.45, 7) is 2.05. The summed E-state index contributed by atoms with van der Waals surface area (Å²) in [4.78, 5) is 26.8. The monoisotopic (exact) mass is 339 g/mol. The van der Waals surface area contributed by atoms with E-state index in [0.29, 0.717) is 17.5 Å². The van der Waals surface area contributed by atoms with Crippen LogP contribution in [0.4, 0.5) is 0 Å². The quantitative estimate of drug-likeness (QED) is 0.574. The Morgan fingerprint density at radius 2 is 1.54 bits per heavy atom. The van der Waals surface area contributed by atoms with Crippen molar-refractivity contribution >= 4 is 11.8 Å². The van der Waals surface area contributed by atoms with Crippen LogP contribution < -0.4 is 0 Å². The fourth-order valence-electron chi connectivity index (χ4n) is 3.16. The molecular formula is C23H17NO2. The molecule has 0 N–H and O–H groups in total. The third-order valence-corrected chi connectivity index (χ3v) is 4.63. The third-order valence-electron chi connectivity index (χ3n) is 4.63. The Labute approximate surface area is 152 Å². The van der Waals surface area contributed by atoms with E-state index in [1.807, 2.05) is 49.4 Å². The fourth-order valence-corrected chi connectivity index (χ4v) is 3.16. The van der Waals surface area contributed by atoms with Gasteiger partial charge in [0, 0.05) is 16.8 Å². The Morgan fingerprint density at radius 1 is 0.808 bits per heavy atom. The highest BCUT2D eigenvalue weighted by molar-refractivity contribution is 6.22. The van der Waals surface area contributed by atoms with Gasteiger partial charge in [-0.2, -0.15) is 0 Å². The minimum atomic E-state index is -0.257. The molecule has 1 aliphatic carbocycles. The van der Waals surface area contributed by atoms with E-state index >= 15 is 0 Å². The van der Waals surface area contributed by atoms with Crippen LogP contribution in [0.2, 0.25) is 0 Å². The van der Waals surface area contributed by atoms with Crippen molar-refractivity contribution in [2.24, 2.45) is 0 Å². The predicted octanol–water partition coefficient (Wildman–Crippen LogP) is 4.31. The molecule has 2 aromatic carbocycles. The molecule has 4 rings (SSSR count). The molecule has 3 nitrogen and oxygen atoms in total. The molecule has 2 aliphatic rings. The molecule has 1 aliphatic heterocycles. The number of rotatable bonds is 1. The highest BCUT2D eigenvalue weighted by Crippen LogP contribution is 2.31. The van der Waals surface area contributed by atoms with Gasteiger partial charge in [0.15, 0.2) is 0 Å². The molecule has 0 unspecified atom stereocenters. The maximum Gasteiger partial charge on any atom is 0.265 e.